The standard InChI is InChI=1S/C11H11ClN4O2/c1-2-8-3-7(4-9(12)15-8)11(17)13-5-10-14-6-18-16-10/h3-4,6H,2,5H2,1H3,(H,13,17). The molecule has 0 saturated heterocycles. The van der Waals surface area contributed by atoms with Crippen LogP contribution in [0.5, 0.6) is 0 Å². The topological polar surface area (TPSA) is 80.9 Å². The molecule has 0 aliphatic carbocycles. The minimum Gasteiger partial charge on any atom is -0.345 e. The summed E-state index contributed by atoms with van der Waals surface area (Å²) in [6, 6.07) is 3.23. The van der Waals surface area contributed by atoms with Crippen LogP contribution in [0, 0.1) is 0 Å². The maximum Gasteiger partial charge on any atom is 0.251 e. The van der Waals surface area contributed by atoms with Gasteiger partial charge in [-0.1, -0.05) is 23.7 Å². The van der Waals surface area contributed by atoms with E-state index in [2.05, 4.69) is 25.0 Å². The summed E-state index contributed by atoms with van der Waals surface area (Å²) in [6.07, 6.45) is 1.92. The van der Waals surface area contributed by atoms with Crippen LogP contribution in [0.1, 0.15) is 28.8 Å². The van der Waals surface area contributed by atoms with Crippen LogP contribution in [0.3, 0.4) is 0 Å². The van der Waals surface area contributed by atoms with Gasteiger partial charge in [0.1, 0.15) is 5.15 Å². The minimum atomic E-state index is -0.251. The largest absolute Gasteiger partial charge is 0.345 e. The first-order valence-electron chi connectivity index (χ1n) is 5.39. The van der Waals surface area contributed by atoms with Gasteiger partial charge in [0.2, 0.25) is 6.39 Å². The van der Waals surface area contributed by atoms with Crippen LogP contribution < -0.4 is 5.32 Å². The molecule has 0 radical (unpaired) electrons. The zero-order chi connectivity index (χ0) is 13.0. The highest BCUT2D eigenvalue weighted by Gasteiger charge is 2.09. The summed E-state index contributed by atoms with van der Waals surface area (Å²) in [6.45, 7) is 2.15. The highest BCUT2D eigenvalue weighted by atomic mass is 35.5. The predicted octanol–water partition coefficient (Wildman–Crippen LogP) is 1.61. The van der Waals surface area contributed by atoms with Crippen LogP contribution in [-0.4, -0.2) is 21.0 Å². The maximum absolute atomic E-state index is 11.9. The lowest BCUT2D eigenvalue weighted by atomic mass is 10.2. The van der Waals surface area contributed by atoms with Crippen molar-refractivity contribution in [1.29, 1.82) is 0 Å². The number of nitrogens with one attached hydrogen (secondary N) is 1. The van der Waals surface area contributed by atoms with Gasteiger partial charge >= 0.3 is 0 Å². The molecule has 18 heavy (non-hydrogen) atoms. The molecule has 0 unspecified atom stereocenters. The van der Waals surface area contributed by atoms with E-state index < -0.39 is 0 Å². The first kappa shape index (κ1) is 12.5. The van der Waals surface area contributed by atoms with Crippen LogP contribution in [0.15, 0.2) is 23.0 Å². The molecule has 2 aromatic heterocycles. The van der Waals surface area contributed by atoms with Crippen molar-refractivity contribution in [3.8, 4) is 0 Å². The normalized spacial score (nSPS) is 10.3. The van der Waals surface area contributed by atoms with Gasteiger partial charge in [-0.3, -0.25) is 4.79 Å². The Kier molecular flexibility index (Phi) is 3.88. The van der Waals surface area contributed by atoms with Crippen molar-refractivity contribution >= 4 is 17.5 Å². The Morgan fingerprint density at radius 1 is 1.50 bits per heavy atom. The molecule has 2 heterocycles. The van der Waals surface area contributed by atoms with Gasteiger partial charge in [-0.2, -0.15) is 4.98 Å². The van der Waals surface area contributed by atoms with Crippen molar-refractivity contribution in [2.24, 2.45) is 0 Å². The number of aryl methyl sites for hydroxylation is 1. The molecule has 0 aromatic carbocycles. The van der Waals surface area contributed by atoms with Gasteiger partial charge in [0, 0.05) is 11.3 Å². The number of hydrogen-bond acceptors (Lipinski definition) is 5. The van der Waals surface area contributed by atoms with Gasteiger partial charge in [-0.25, -0.2) is 4.98 Å². The average Bonchev–Trinajstić information content (AvgIpc) is 2.88. The summed E-state index contributed by atoms with van der Waals surface area (Å²) in [5, 5.41) is 6.57. The predicted molar refractivity (Wildman–Crippen MR) is 64.1 cm³/mol. The summed E-state index contributed by atoms with van der Waals surface area (Å²) in [5.41, 5.74) is 1.24. The summed E-state index contributed by atoms with van der Waals surface area (Å²) >= 11 is 5.84. The van der Waals surface area contributed by atoms with E-state index >= 15 is 0 Å². The molecule has 0 aliphatic heterocycles. The molecular weight excluding hydrogens is 256 g/mol. The third kappa shape index (κ3) is 3.04. The molecule has 1 N–H and O–H groups in total. The van der Waals surface area contributed by atoms with Crippen molar-refractivity contribution in [3.63, 3.8) is 0 Å². The van der Waals surface area contributed by atoms with E-state index in [1.54, 1.807) is 6.07 Å². The van der Waals surface area contributed by atoms with E-state index in [0.29, 0.717) is 23.0 Å². The molecule has 2 rings (SSSR count). The molecule has 6 nitrogen and oxygen atoms in total. The third-order valence-electron chi connectivity index (χ3n) is 2.29. The fraction of sp³-hybridized carbons (Fsp3) is 0.273. The van der Waals surface area contributed by atoms with E-state index in [0.717, 1.165) is 5.69 Å². The van der Waals surface area contributed by atoms with Crippen LogP contribution in [0.4, 0.5) is 0 Å². The Hall–Kier alpha value is -1.95. The fourth-order valence-electron chi connectivity index (χ4n) is 1.40. The molecule has 7 heteroatoms. The molecule has 0 bridgehead atoms. The van der Waals surface area contributed by atoms with E-state index in [1.165, 1.54) is 12.5 Å². The van der Waals surface area contributed by atoms with E-state index in [-0.39, 0.29) is 12.5 Å². The number of carbonyl (C=O) groups is 1. The van der Waals surface area contributed by atoms with E-state index in [1.807, 2.05) is 6.92 Å². The smallest absolute Gasteiger partial charge is 0.251 e. The van der Waals surface area contributed by atoms with Crippen LogP contribution >= 0.6 is 11.6 Å². The van der Waals surface area contributed by atoms with Crippen molar-refractivity contribution in [2.45, 2.75) is 19.9 Å². The minimum absolute atomic E-state index is 0.205. The van der Waals surface area contributed by atoms with Gasteiger partial charge in [0.25, 0.3) is 5.91 Å². The van der Waals surface area contributed by atoms with Gasteiger partial charge in [-0.05, 0) is 18.6 Å². The number of nitrogens with zero attached hydrogens (tertiary/aromatic N) is 3. The van der Waals surface area contributed by atoms with Crippen LogP contribution in [0.2, 0.25) is 5.15 Å². The molecule has 0 saturated carbocycles. The number of pyridine rings is 1. The van der Waals surface area contributed by atoms with Gasteiger partial charge in [0.15, 0.2) is 5.82 Å². The fourth-order valence-corrected chi connectivity index (χ4v) is 1.62. The molecule has 0 fully saturated rings. The van der Waals surface area contributed by atoms with E-state index in [9.17, 15) is 4.79 Å². The summed E-state index contributed by atoms with van der Waals surface area (Å²) in [7, 11) is 0. The summed E-state index contributed by atoms with van der Waals surface area (Å²) < 4.78 is 4.56. The second-order valence-corrected chi connectivity index (χ2v) is 3.94. The van der Waals surface area contributed by atoms with E-state index in [4.69, 9.17) is 11.6 Å². The quantitative estimate of drug-likeness (QED) is 0.851. The average molecular weight is 267 g/mol. The third-order valence-corrected chi connectivity index (χ3v) is 2.48. The lowest BCUT2D eigenvalue weighted by Crippen LogP contribution is -2.23. The Balaban J connectivity index is 2.06. The lowest BCUT2D eigenvalue weighted by molar-refractivity contribution is 0.0949. The number of carbonyl (C=O) groups excluding carboxylic acids is 1. The Bertz CT molecular complexity index is 542. The Labute approximate surface area is 108 Å². The van der Waals surface area contributed by atoms with Gasteiger partial charge < -0.3 is 9.84 Å². The maximum atomic E-state index is 11.9. The second kappa shape index (κ2) is 5.59. The molecule has 0 atom stereocenters. The molecule has 1 amide bonds. The Morgan fingerprint density at radius 3 is 3.00 bits per heavy atom. The number of amides is 1. The monoisotopic (exact) mass is 266 g/mol. The van der Waals surface area contributed by atoms with Gasteiger partial charge in [0.05, 0.1) is 6.54 Å². The highest BCUT2D eigenvalue weighted by Crippen LogP contribution is 2.11. The van der Waals surface area contributed by atoms with Crippen LogP contribution in [-0.2, 0) is 13.0 Å². The molecular formula is C11H11ClN4O2. The number of aromatic nitrogens is 3. The van der Waals surface area contributed by atoms with Crippen molar-refractivity contribution < 1.29 is 9.32 Å². The molecule has 2 aromatic rings. The number of halogens is 1. The van der Waals surface area contributed by atoms with Crippen LogP contribution in [0.25, 0.3) is 0 Å². The van der Waals surface area contributed by atoms with Crippen molar-refractivity contribution in [3.05, 3.63) is 40.8 Å². The van der Waals surface area contributed by atoms with Crippen molar-refractivity contribution in [2.75, 3.05) is 0 Å². The first-order chi connectivity index (χ1) is 8.69. The Morgan fingerprint density at radius 2 is 2.33 bits per heavy atom. The first-order valence-corrected chi connectivity index (χ1v) is 5.76. The summed E-state index contributed by atoms with van der Waals surface area (Å²) in [5.74, 6) is 0.165. The number of rotatable bonds is 4. The highest BCUT2D eigenvalue weighted by molar-refractivity contribution is 6.29. The number of hydrogen-bond donors (Lipinski definition) is 1. The zero-order valence-corrected chi connectivity index (χ0v) is 10.4. The SMILES string of the molecule is CCc1cc(C(=O)NCc2ncon2)cc(Cl)n1. The van der Waals surface area contributed by atoms with Crippen molar-refractivity contribution in [1.82, 2.24) is 20.4 Å². The zero-order valence-electron chi connectivity index (χ0n) is 9.68. The van der Waals surface area contributed by atoms with Gasteiger partial charge in [-0.15, -0.1) is 0 Å². The lowest BCUT2D eigenvalue weighted by Gasteiger charge is -2.05. The molecule has 0 aliphatic rings. The molecule has 94 valence electrons. The molecule has 0 spiro atoms. The summed E-state index contributed by atoms with van der Waals surface area (Å²) in [4.78, 5) is 19.8. The second-order valence-electron chi connectivity index (χ2n) is 3.55.